The molecule has 1 N–H and O–H groups in total. The summed E-state index contributed by atoms with van der Waals surface area (Å²) < 4.78 is 33.3. The number of carbonyl (C=O) groups excluding carboxylic acids is 1. The fourth-order valence-corrected chi connectivity index (χ4v) is 5.08. The average Bonchev–Trinajstić information content (AvgIpc) is 3.18. The molecule has 1 saturated heterocycles. The Bertz CT molecular complexity index is 964. The van der Waals surface area contributed by atoms with Gasteiger partial charge in [0.1, 0.15) is 6.54 Å². The standard InChI is InChI=1S/C19H24N4O4S/c24-18(21-17-7-3-5-15-4-1-2-6-16(15)17)12-22-13-19(20-14-22)28(25,26)23-8-10-27-11-9-23/h3,5,7,13-14H,1-2,4,6,8-12H2,(H,21,24). The van der Waals surface area contributed by atoms with Gasteiger partial charge in [0.15, 0.2) is 5.03 Å². The van der Waals surface area contributed by atoms with Crippen molar-refractivity contribution in [2.45, 2.75) is 37.3 Å². The quantitative estimate of drug-likeness (QED) is 0.814. The van der Waals surface area contributed by atoms with Crippen LogP contribution in [0.25, 0.3) is 0 Å². The number of carbonyl (C=O) groups is 1. The molecule has 150 valence electrons. The molecule has 1 aromatic heterocycles. The lowest BCUT2D eigenvalue weighted by Crippen LogP contribution is -2.40. The van der Waals surface area contributed by atoms with E-state index >= 15 is 0 Å². The molecule has 4 rings (SSSR count). The van der Waals surface area contributed by atoms with Gasteiger partial charge in [0.05, 0.1) is 19.5 Å². The monoisotopic (exact) mass is 404 g/mol. The molecular formula is C19H24N4O4S. The van der Waals surface area contributed by atoms with Crippen molar-refractivity contribution in [2.24, 2.45) is 0 Å². The third-order valence-corrected chi connectivity index (χ3v) is 6.96. The van der Waals surface area contributed by atoms with Crippen LogP contribution < -0.4 is 5.32 Å². The molecule has 8 nitrogen and oxygen atoms in total. The fourth-order valence-electron chi connectivity index (χ4n) is 3.73. The minimum Gasteiger partial charge on any atom is -0.379 e. The van der Waals surface area contributed by atoms with Crippen LogP contribution in [0.4, 0.5) is 5.69 Å². The minimum atomic E-state index is -3.66. The molecule has 2 aromatic rings. The number of fused-ring (bicyclic) bond motifs is 1. The van der Waals surface area contributed by atoms with E-state index < -0.39 is 10.0 Å². The summed E-state index contributed by atoms with van der Waals surface area (Å²) in [6.07, 6.45) is 7.12. The van der Waals surface area contributed by atoms with Gasteiger partial charge in [-0.15, -0.1) is 0 Å². The molecule has 28 heavy (non-hydrogen) atoms. The van der Waals surface area contributed by atoms with Crippen LogP contribution in [0.5, 0.6) is 0 Å². The SMILES string of the molecule is O=C(Cn1cnc(S(=O)(=O)N2CCOCC2)c1)Nc1cccc2c1CCCC2. The van der Waals surface area contributed by atoms with Crippen molar-refractivity contribution in [3.05, 3.63) is 41.9 Å². The molecule has 0 saturated carbocycles. The van der Waals surface area contributed by atoms with Crippen LogP contribution in [0, 0.1) is 0 Å². The number of amides is 1. The molecule has 0 bridgehead atoms. The van der Waals surface area contributed by atoms with Crippen molar-refractivity contribution >= 4 is 21.6 Å². The third kappa shape index (κ3) is 3.96. The topological polar surface area (TPSA) is 93.5 Å². The maximum absolute atomic E-state index is 12.6. The summed E-state index contributed by atoms with van der Waals surface area (Å²) in [5.74, 6) is -0.202. The summed E-state index contributed by atoms with van der Waals surface area (Å²) in [6.45, 7) is 1.40. The Hall–Kier alpha value is -2.23. The number of hydrogen-bond acceptors (Lipinski definition) is 5. The Balaban J connectivity index is 1.43. The molecule has 2 aliphatic rings. The number of imidazole rings is 1. The van der Waals surface area contributed by atoms with Crippen LogP contribution in [0.3, 0.4) is 0 Å². The first kappa shape index (κ1) is 19.1. The van der Waals surface area contributed by atoms with Crippen molar-refractivity contribution in [1.82, 2.24) is 13.9 Å². The van der Waals surface area contributed by atoms with E-state index in [2.05, 4.69) is 16.4 Å². The predicted octanol–water partition coefficient (Wildman–Crippen LogP) is 1.42. The average molecular weight is 404 g/mol. The van der Waals surface area contributed by atoms with Crippen molar-refractivity contribution in [1.29, 1.82) is 0 Å². The van der Waals surface area contributed by atoms with E-state index in [0.29, 0.717) is 26.3 Å². The molecule has 1 amide bonds. The van der Waals surface area contributed by atoms with Crippen molar-refractivity contribution in [3.63, 3.8) is 0 Å². The van der Waals surface area contributed by atoms with E-state index in [1.54, 1.807) is 0 Å². The predicted molar refractivity (Wildman–Crippen MR) is 104 cm³/mol. The van der Waals surface area contributed by atoms with Crippen LogP contribution in [0.15, 0.2) is 35.7 Å². The van der Waals surface area contributed by atoms with E-state index in [-0.39, 0.29) is 17.5 Å². The zero-order valence-corrected chi connectivity index (χ0v) is 16.5. The first-order valence-corrected chi connectivity index (χ1v) is 11.0. The van der Waals surface area contributed by atoms with E-state index in [1.165, 1.54) is 38.9 Å². The molecule has 0 unspecified atom stereocenters. The summed E-state index contributed by atoms with van der Waals surface area (Å²) in [6, 6.07) is 6.00. The number of morpholine rings is 1. The molecule has 1 aliphatic heterocycles. The van der Waals surface area contributed by atoms with Crippen molar-refractivity contribution in [2.75, 3.05) is 31.6 Å². The number of sulfonamides is 1. The fraction of sp³-hybridized carbons (Fsp3) is 0.474. The van der Waals surface area contributed by atoms with Gasteiger partial charge >= 0.3 is 0 Å². The second kappa shape index (κ2) is 8.02. The highest BCUT2D eigenvalue weighted by atomic mass is 32.2. The normalized spacial score (nSPS) is 17.9. The van der Waals surface area contributed by atoms with E-state index in [9.17, 15) is 13.2 Å². The number of aryl methyl sites for hydroxylation is 1. The summed E-state index contributed by atoms with van der Waals surface area (Å²) in [4.78, 5) is 16.5. The summed E-state index contributed by atoms with van der Waals surface area (Å²) >= 11 is 0. The zero-order valence-electron chi connectivity index (χ0n) is 15.6. The first-order chi connectivity index (χ1) is 13.5. The highest BCUT2D eigenvalue weighted by Crippen LogP contribution is 2.27. The highest BCUT2D eigenvalue weighted by molar-refractivity contribution is 7.89. The number of nitrogens with one attached hydrogen (secondary N) is 1. The van der Waals surface area contributed by atoms with Gasteiger partial charge < -0.3 is 14.6 Å². The molecule has 1 aromatic carbocycles. The number of aromatic nitrogens is 2. The summed E-state index contributed by atoms with van der Waals surface area (Å²) in [7, 11) is -3.66. The molecule has 9 heteroatoms. The summed E-state index contributed by atoms with van der Waals surface area (Å²) in [5, 5.41) is 2.92. The molecule has 1 aliphatic carbocycles. The second-order valence-corrected chi connectivity index (χ2v) is 8.98. The molecule has 0 spiro atoms. The number of benzene rings is 1. The lowest BCUT2D eigenvalue weighted by molar-refractivity contribution is -0.116. The van der Waals surface area contributed by atoms with Crippen LogP contribution in [-0.2, 0) is 38.9 Å². The summed E-state index contributed by atoms with van der Waals surface area (Å²) in [5.41, 5.74) is 3.36. The van der Waals surface area contributed by atoms with E-state index in [0.717, 1.165) is 24.9 Å². The van der Waals surface area contributed by atoms with Gasteiger partial charge in [-0.1, -0.05) is 12.1 Å². The smallest absolute Gasteiger partial charge is 0.262 e. The second-order valence-electron chi connectivity index (χ2n) is 7.10. The lowest BCUT2D eigenvalue weighted by atomic mass is 9.90. The van der Waals surface area contributed by atoms with Gasteiger partial charge in [0.2, 0.25) is 5.91 Å². The maximum atomic E-state index is 12.6. The molecule has 1 fully saturated rings. The molecule has 2 heterocycles. The number of nitrogens with zero attached hydrogens (tertiary/aromatic N) is 3. The Morgan fingerprint density at radius 2 is 1.96 bits per heavy atom. The van der Waals surface area contributed by atoms with Crippen molar-refractivity contribution in [3.8, 4) is 0 Å². The number of ether oxygens (including phenoxy) is 1. The van der Waals surface area contributed by atoms with Crippen LogP contribution in [0.1, 0.15) is 24.0 Å². The Labute approximate surface area is 164 Å². The van der Waals surface area contributed by atoms with Gasteiger partial charge in [-0.3, -0.25) is 4.79 Å². The van der Waals surface area contributed by atoms with Gasteiger partial charge in [0.25, 0.3) is 10.0 Å². The number of rotatable bonds is 5. The maximum Gasteiger partial charge on any atom is 0.262 e. The Morgan fingerprint density at radius 1 is 1.18 bits per heavy atom. The van der Waals surface area contributed by atoms with Crippen LogP contribution in [-0.4, -0.2) is 54.5 Å². The van der Waals surface area contributed by atoms with Gasteiger partial charge in [-0.05, 0) is 42.9 Å². The van der Waals surface area contributed by atoms with Crippen molar-refractivity contribution < 1.29 is 17.9 Å². The number of anilines is 1. The van der Waals surface area contributed by atoms with Crippen LogP contribution >= 0.6 is 0 Å². The van der Waals surface area contributed by atoms with Gasteiger partial charge in [0, 0.05) is 25.0 Å². The lowest BCUT2D eigenvalue weighted by Gasteiger charge is -2.24. The highest BCUT2D eigenvalue weighted by Gasteiger charge is 2.28. The third-order valence-electron chi connectivity index (χ3n) is 5.18. The van der Waals surface area contributed by atoms with Gasteiger partial charge in [-0.25, -0.2) is 13.4 Å². The number of hydrogen-bond donors (Lipinski definition) is 1. The molecule has 0 radical (unpaired) electrons. The van der Waals surface area contributed by atoms with E-state index in [4.69, 9.17) is 4.74 Å². The zero-order chi connectivity index (χ0) is 19.6. The largest absolute Gasteiger partial charge is 0.379 e. The Kier molecular flexibility index (Phi) is 5.47. The minimum absolute atomic E-state index is 0.00922. The Morgan fingerprint density at radius 3 is 2.79 bits per heavy atom. The van der Waals surface area contributed by atoms with Crippen LogP contribution in [0.2, 0.25) is 0 Å². The molecular weight excluding hydrogens is 380 g/mol. The first-order valence-electron chi connectivity index (χ1n) is 9.54. The van der Waals surface area contributed by atoms with Gasteiger partial charge in [-0.2, -0.15) is 4.31 Å². The molecule has 0 atom stereocenters. The van der Waals surface area contributed by atoms with E-state index in [1.807, 2.05) is 12.1 Å².